The van der Waals surface area contributed by atoms with E-state index in [0.29, 0.717) is 11.1 Å². The van der Waals surface area contributed by atoms with Crippen molar-refractivity contribution in [2.75, 3.05) is 0 Å². The molecule has 258 valence electrons. The summed E-state index contributed by atoms with van der Waals surface area (Å²) in [4.78, 5) is 0. The quantitative estimate of drug-likeness (QED) is 0.168. The van der Waals surface area contributed by atoms with Crippen LogP contribution in [0.15, 0.2) is 163 Å². The largest absolute Gasteiger partial charge is 0.313 e. The topological polar surface area (TPSA) is 62.4 Å². The van der Waals surface area contributed by atoms with E-state index < -0.39 is 0 Å². The van der Waals surface area contributed by atoms with Gasteiger partial charge in [0.1, 0.15) is 6.07 Å². The zero-order chi connectivity index (χ0) is 37.2. The van der Waals surface area contributed by atoms with E-state index in [1.54, 1.807) is 0 Å². The Hall–Kier alpha value is -7.60. The third-order valence-corrected chi connectivity index (χ3v) is 11.0. The number of nitriles is 2. The minimum atomic E-state index is 0.598. The maximum absolute atomic E-state index is 10.5. The fourth-order valence-electron chi connectivity index (χ4n) is 8.57. The Morgan fingerprint density at radius 3 is 1.69 bits per heavy atom. The predicted octanol–water partition coefficient (Wildman–Crippen LogP) is 12.6. The monoisotopic (exact) mass is 703 g/mol. The average Bonchev–Trinajstić information content (AvgIpc) is 3.85. The van der Waals surface area contributed by atoms with Gasteiger partial charge in [0.2, 0.25) is 0 Å². The number of benzene rings is 7. The molecule has 0 aliphatic carbocycles. The second kappa shape index (κ2) is 12.5. The zero-order valence-electron chi connectivity index (χ0n) is 30.3. The van der Waals surface area contributed by atoms with Gasteiger partial charge in [0.15, 0.2) is 0 Å². The summed E-state index contributed by atoms with van der Waals surface area (Å²) in [6.07, 6.45) is 1.98. The highest BCUT2D eigenvalue weighted by Crippen LogP contribution is 2.41. The number of para-hydroxylation sites is 4. The Bertz CT molecular complexity index is 3240. The van der Waals surface area contributed by atoms with Crippen LogP contribution in [0.5, 0.6) is 0 Å². The fraction of sp³-hybridized carbons (Fsp3) is 0.0400. The van der Waals surface area contributed by atoms with Crippen LogP contribution in [0.1, 0.15) is 23.7 Å². The first-order chi connectivity index (χ1) is 27.1. The first-order valence-corrected chi connectivity index (χ1v) is 18.4. The van der Waals surface area contributed by atoms with Gasteiger partial charge in [-0.1, -0.05) is 97.1 Å². The minimum absolute atomic E-state index is 0.598. The Balaban J connectivity index is 1.16. The number of nitrogens with zero attached hydrogens (tertiary/aromatic N) is 5. The summed E-state index contributed by atoms with van der Waals surface area (Å²) < 4.78 is 6.88. The Morgan fingerprint density at radius 1 is 0.509 bits per heavy atom. The zero-order valence-corrected chi connectivity index (χ0v) is 30.3. The van der Waals surface area contributed by atoms with Gasteiger partial charge < -0.3 is 13.7 Å². The van der Waals surface area contributed by atoms with E-state index in [1.165, 1.54) is 21.8 Å². The summed E-state index contributed by atoms with van der Waals surface area (Å²) in [5.74, 6) is 0. The van der Waals surface area contributed by atoms with Gasteiger partial charge in [0, 0.05) is 49.4 Å². The summed E-state index contributed by atoms with van der Waals surface area (Å²) in [5.41, 5.74) is 13.9. The van der Waals surface area contributed by atoms with Crippen LogP contribution in [0.25, 0.3) is 88.8 Å². The molecule has 0 saturated carbocycles. The molecule has 0 N–H and O–H groups in total. The lowest BCUT2D eigenvalue weighted by Gasteiger charge is -2.14. The first kappa shape index (κ1) is 32.1. The molecule has 0 bridgehead atoms. The van der Waals surface area contributed by atoms with Crippen LogP contribution in [-0.2, 0) is 0 Å². The lowest BCUT2D eigenvalue weighted by atomic mass is 10.0. The minimum Gasteiger partial charge on any atom is -0.313 e. The fourth-order valence-corrected chi connectivity index (χ4v) is 8.57. The molecule has 0 aliphatic rings. The van der Waals surface area contributed by atoms with Gasteiger partial charge in [-0.25, -0.2) is 0 Å². The molecule has 55 heavy (non-hydrogen) atoms. The molecular formula is C50H33N5. The molecule has 0 unspecified atom stereocenters. The molecule has 0 saturated heterocycles. The van der Waals surface area contributed by atoms with Crippen LogP contribution in [0.3, 0.4) is 0 Å². The highest BCUT2D eigenvalue weighted by molar-refractivity contribution is 6.14. The number of rotatable bonds is 5. The van der Waals surface area contributed by atoms with Gasteiger partial charge in [-0.2, -0.15) is 10.5 Å². The molecule has 10 rings (SSSR count). The molecule has 0 atom stereocenters. The molecule has 0 radical (unpaired) electrons. The van der Waals surface area contributed by atoms with Crippen molar-refractivity contribution in [3.05, 3.63) is 180 Å². The van der Waals surface area contributed by atoms with Crippen LogP contribution in [-0.4, -0.2) is 13.7 Å². The van der Waals surface area contributed by atoms with Crippen molar-refractivity contribution in [3.8, 4) is 40.3 Å². The van der Waals surface area contributed by atoms with Crippen molar-refractivity contribution in [1.82, 2.24) is 13.7 Å². The van der Waals surface area contributed by atoms with E-state index in [4.69, 9.17) is 0 Å². The smallest absolute Gasteiger partial charge is 0.101 e. The Kier molecular flexibility index (Phi) is 7.30. The summed E-state index contributed by atoms with van der Waals surface area (Å²) in [7, 11) is 0. The second-order valence-corrected chi connectivity index (χ2v) is 14.1. The standard InChI is InChI=1S/C50H33N5/c1-32(30-51)28-42-33(2)53(43-16-7-5-14-40(42)43)47-20-11-21-48-50(47)41-15-6-10-19-46(41)55(48)49-29-35(22-23-36(49)31-52)34-24-26-37(27-25-34)54-44-17-8-3-12-38(44)39-13-4-9-18-45(39)54/h3-29H,1-2H3/b32-28+. The number of aromatic nitrogens is 3. The summed E-state index contributed by atoms with van der Waals surface area (Å²) in [5, 5.41) is 25.9. The van der Waals surface area contributed by atoms with Crippen molar-refractivity contribution in [2.24, 2.45) is 0 Å². The molecule has 3 heterocycles. The average molecular weight is 704 g/mol. The number of fused-ring (bicyclic) bond motifs is 7. The van der Waals surface area contributed by atoms with Crippen molar-refractivity contribution >= 4 is 60.6 Å². The van der Waals surface area contributed by atoms with E-state index in [2.05, 4.69) is 172 Å². The highest BCUT2D eigenvalue weighted by atomic mass is 15.0. The third kappa shape index (κ3) is 4.85. The summed E-state index contributed by atoms with van der Waals surface area (Å²) >= 11 is 0. The van der Waals surface area contributed by atoms with Crippen LogP contribution < -0.4 is 0 Å². The van der Waals surface area contributed by atoms with E-state index in [0.717, 1.165) is 72.2 Å². The SMILES string of the molecule is C/C(C#N)=C\c1c(C)n(-c2cccc3c2c2ccccc2n3-c2cc(-c3ccc(-n4c5ccccc5c5ccccc54)cc3)ccc2C#N)c2ccccc12. The van der Waals surface area contributed by atoms with Crippen LogP contribution in [0.4, 0.5) is 0 Å². The molecule has 0 aliphatic heterocycles. The van der Waals surface area contributed by atoms with E-state index >= 15 is 0 Å². The van der Waals surface area contributed by atoms with Gasteiger partial charge in [-0.05, 0) is 91.7 Å². The van der Waals surface area contributed by atoms with Gasteiger partial charge in [0.05, 0.1) is 50.6 Å². The van der Waals surface area contributed by atoms with E-state index in [9.17, 15) is 10.5 Å². The molecule has 3 aromatic heterocycles. The third-order valence-electron chi connectivity index (χ3n) is 11.0. The van der Waals surface area contributed by atoms with Crippen molar-refractivity contribution in [2.45, 2.75) is 13.8 Å². The Labute approximate surface area is 318 Å². The normalized spacial score (nSPS) is 11.9. The molecule has 0 fully saturated rings. The molecular weight excluding hydrogens is 671 g/mol. The van der Waals surface area contributed by atoms with Crippen LogP contribution >= 0.6 is 0 Å². The molecule has 7 aromatic carbocycles. The Morgan fingerprint density at radius 2 is 1.05 bits per heavy atom. The molecule has 0 amide bonds. The number of hydrogen-bond donors (Lipinski definition) is 0. The molecule has 0 spiro atoms. The van der Waals surface area contributed by atoms with Crippen LogP contribution in [0, 0.1) is 29.6 Å². The van der Waals surface area contributed by atoms with Crippen molar-refractivity contribution < 1.29 is 0 Å². The maximum Gasteiger partial charge on any atom is 0.101 e. The van der Waals surface area contributed by atoms with E-state index in [-0.39, 0.29) is 0 Å². The lowest BCUT2D eigenvalue weighted by molar-refractivity contribution is 1.06. The van der Waals surface area contributed by atoms with Gasteiger partial charge in [-0.15, -0.1) is 0 Å². The van der Waals surface area contributed by atoms with Gasteiger partial charge in [0.25, 0.3) is 0 Å². The van der Waals surface area contributed by atoms with Gasteiger partial charge >= 0.3 is 0 Å². The predicted molar refractivity (Wildman–Crippen MR) is 226 cm³/mol. The molecule has 10 aromatic rings. The van der Waals surface area contributed by atoms with Gasteiger partial charge in [-0.3, -0.25) is 0 Å². The summed E-state index contributed by atoms with van der Waals surface area (Å²) in [6, 6.07) is 60.0. The summed E-state index contributed by atoms with van der Waals surface area (Å²) in [6.45, 7) is 3.97. The lowest BCUT2D eigenvalue weighted by Crippen LogP contribution is -2.00. The first-order valence-electron chi connectivity index (χ1n) is 18.4. The van der Waals surface area contributed by atoms with Crippen LogP contribution in [0.2, 0.25) is 0 Å². The molecule has 5 nitrogen and oxygen atoms in total. The number of allylic oxidation sites excluding steroid dienone is 1. The molecule has 5 heteroatoms. The van der Waals surface area contributed by atoms with Crippen molar-refractivity contribution in [1.29, 1.82) is 10.5 Å². The highest BCUT2D eigenvalue weighted by Gasteiger charge is 2.22. The van der Waals surface area contributed by atoms with E-state index in [1.807, 2.05) is 31.2 Å². The number of hydrogen-bond acceptors (Lipinski definition) is 2. The second-order valence-electron chi connectivity index (χ2n) is 14.1. The maximum atomic E-state index is 10.5. The van der Waals surface area contributed by atoms with Crippen molar-refractivity contribution in [3.63, 3.8) is 0 Å².